The molecule has 0 aliphatic carbocycles. The van der Waals surface area contributed by atoms with Crippen LogP contribution in [0.2, 0.25) is 0 Å². The molecule has 9 nitrogen and oxygen atoms in total. The van der Waals surface area contributed by atoms with Crippen LogP contribution in [-0.2, 0) is 14.3 Å². The van der Waals surface area contributed by atoms with Gasteiger partial charge in [0.1, 0.15) is 5.75 Å². The zero-order chi connectivity index (χ0) is 24.0. The Balaban J connectivity index is 1.58. The van der Waals surface area contributed by atoms with Gasteiger partial charge in [0, 0.05) is 35.9 Å². The van der Waals surface area contributed by atoms with E-state index in [1.54, 1.807) is 36.1 Å². The summed E-state index contributed by atoms with van der Waals surface area (Å²) in [5, 5.41) is 5.59. The highest BCUT2D eigenvalue weighted by atomic mass is 16.7. The van der Waals surface area contributed by atoms with Gasteiger partial charge in [-0.1, -0.05) is 6.07 Å². The third-order valence-corrected chi connectivity index (χ3v) is 5.12. The normalized spacial score (nSPS) is 15.3. The quantitative estimate of drug-likeness (QED) is 0.488. The number of hydrogen-bond donors (Lipinski definition) is 2. The fourth-order valence-electron chi connectivity index (χ4n) is 3.45. The summed E-state index contributed by atoms with van der Waals surface area (Å²) < 4.78 is 9.68. The lowest BCUT2D eigenvalue weighted by molar-refractivity contribution is -0.129. The molecule has 0 spiro atoms. The molecule has 0 saturated carbocycles. The van der Waals surface area contributed by atoms with Crippen LogP contribution in [0.5, 0.6) is 5.75 Å². The Morgan fingerprint density at radius 2 is 1.73 bits per heavy atom. The van der Waals surface area contributed by atoms with Crippen molar-refractivity contribution in [1.82, 2.24) is 4.90 Å². The summed E-state index contributed by atoms with van der Waals surface area (Å²) in [6, 6.07) is 12.8. The first-order valence-electron chi connectivity index (χ1n) is 10.7. The molecule has 2 aromatic rings. The molecule has 1 atom stereocenters. The largest absolute Gasteiger partial charge is 0.513 e. The van der Waals surface area contributed by atoms with Gasteiger partial charge >= 0.3 is 6.16 Å². The number of hydrogen-bond acceptors (Lipinski definition) is 6. The first-order valence-corrected chi connectivity index (χ1v) is 10.7. The number of amides is 3. The highest BCUT2D eigenvalue weighted by Gasteiger charge is 2.35. The minimum atomic E-state index is -0.813. The molecule has 0 aromatic heterocycles. The van der Waals surface area contributed by atoms with Gasteiger partial charge in [-0.05, 0) is 63.2 Å². The van der Waals surface area contributed by atoms with Crippen molar-refractivity contribution in [3.63, 3.8) is 0 Å². The van der Waals surface area contributed by atoms with Gasteiger partial charge in [-0.15, -0.1) is 0 Å². The van der Waals surface area contributed by atoms with Crippen molar-refractivity contribution in [3.8, 4) is 5.75 Å². The molecule has 3 rings (SSSR count). The van der Waals surface area contributed by atoms with Gasteiger partial charge in [0.2, 0.25) is 11.8 Å². The summed E-state index contributed by atoms with van der Waals surface area (Å²) >= 11 is 0. The third-order valence-electron chi connectivity index (χ3n) is 5.12. The Kier molecular flexibility index (Phi) is 7.66. The number of likely N-dealkylation sites (tertiary alicyclic amines) is 1. The number of ether oxygens (including phenoxy) is 2. The Labute approximate surface area is 192 Å². The molecule has 0 radical (unpaired) electrons. The molecule has 3 amide bonds. The van der Waals surface area contributed by atoms with Gasteiger partial charge in [0.15, 0.2) is 0 Å². The SMILES string of the molecule is CCOC(=O)Oc1ccc(C(=O)Nc2cccc(NC(=O)C3CC(=O)N(C(C)C)C3)c2)cc1. The molecule has 1 unspecified atom stereocenters. The molecule has 1 aliphatic rings. The standard InChI is InChI=1S/C24H27N3O6/c1-4-32-24(31)33-20-10-8-16(9-11-20)22(29)25-18-6-5-7-19(13-18)26-23(30)17-12-21(28)27(14-17)15(2)3/h5-11,13,15,17H,4,12,14H2,1-3H3,(H,25,29)(H,26,30). The molecule has 2 aromatic carbocycles. The Morgan fingerprint density at radius 1 is 1.06 bits per heavy atom. The predicted molar refractivity (Wildman–Crippen MR) is 122 cm³/mol. The summed E-state index contributed by atoms with van der Waals surface area (Å²) in [5.74, 6) is -0.767. The molecular weight excluding hydrogens is 426 g/mol. The van der Waals surface area contributed by atoms with Crippen LogP contribution in [0.4, 0.5) is 16.2 Å². The van der Waals surface area contributed by atoms with Crippen molar-refractivity contribution < 1.29 is 28.7 Å². The fourth-order valence-corrected chi connectivity index (χ4v) is 3.45. The van der Waals surface area contributed by atoms with Gasteiger partial charge in [0.25, 0.3) is 5.91 Å². The van der Waals surface area contributed by atoms with E-state index >= 15 is 0 Å². The van der Waals surface area contributed by atoms with Crippen molar-refractivity contribution in [3.05, 3.63) is 54.1 Å². The number of benzene rings is 2. The molecule has 174 valence electrons. The van der Waals surface area contributed by atoms with Gasteiger partial charge < -0.3 is 25.0 Å². The monoisotopic (exact) mass is 453 g/mol. The maximum absolute atomic E-state index is 12.6. The third kappa shape index (κ3) is 6.31. The van der Waals surface area contributed by atoms with E-state index in [0.29, 0.717) is 23.5 Å². The lowest BCUT2D eigenvalue weighted by atomic mass is 10.1. The topological polar surface area (TPSA) is 114 Å². The van der Waals surface area contributed by atoms with E-state index in [1.165, 1.54) is 24.3 Å². The first kappa shape index (κ1) is 23.8. The predicted octanol–water partition coefficient (Wildman–Crippen LogP) is 3.67. The van der Waals surface area contributed by atoms with Crippen LogP contribution < -0.4 is 15.4 Å². The van der Waals surface area contributed by atoms with Crippen molar-refractivity contribution in [2.75, 3.05) is 23.8 Å². The molecule has 1 saturated heterocycles. The van der Waals surface area contributed by atoms with E-state index in [-0.39, 0.29) is 42.5 Å². The number of carbonyl (C=O) groups excluding carboxylic acids is 4. The maximum atomic E-state index is 12.6. The molecular formula is C24H27N3O6. The molecule has 0 bridgehead atoms. The van der Waals surface area contributed by atoms with Gasteiger partial charge in [-0.2, -0.15) is 0 Å². The van der Waals surface area contributed by atoms with E-state index in [9.17, 15) is 19.2 Å². The van der Waals surface area contributed by atoms with Crippen LogP contribution in [-0.4, -0.2) is 48.0 Å². The second-order valence-corrected chi connectivity index (χ2v) is 7.87. The first-order chi connectivity index (χ1) is 15.8. The molecule has 9 heteroatoms. The number of carbonyl (C=O) groups is 4. The minimum Gasteiger partial charge on any atom is -0.434 e. The number of nitrogens with one attached hydrogen (secondary N) is 2. The summed E-state index contributed by atoms with van der Waals surface area (Å²) in [4.78, 5) is 50.3. The summed E-state index contributed by atoms with van der Waals surface area (Å²) in [5.41, 5.74) is 1.38. The van der Waals surface area contributed by atoms with Crippen LogP contribution in [0.1, 0.15) is 37.6 Å². The Morgan fingerprint density at radius 3 is 2.33 bits per heavy atom. The zero-order valence-corrected chi connectivity index (χ0v) is 18.8. The Hall–Kier alpha value is -3.88. The smallest absolute Gasteiger partial charge is 0.434 e. The fraction of sp³-hybridized carbons (Fsp3) is 0.333. The average Bonchev–Trinajstić information content (AvgIpc) is 3.17. The molecule has 1 aliphatic heterocycles. The van der Waals surface area contributed by atoms with Crippen LogP contribution in [0.15, 0.2) is 48.5 Å². The highest BCUT2D eigenvalue weighted by Crippen LogP contribution is 2.23. The van der Waals surface area contributed by atoms with Crippen molar-refractivity contribution in [1.29, 1.82) is 0 Å². The summed E-state index contributed by atoms with van der Waals surface area (Å²) in [6.07, 6.45) is -0.622. The van der Waals surface area contributed by atoms with Crippen molar-refractivity contribution >= 4 is 35.3 Å². The Bertz CT molecular complexity index is 1030. The minimum absolute atomic E-state index is 0.0233. The number of nitrogens with zero attached hydrogens (tertiary/aromatic N) is 1. The second-order valence-electron chi connectivity index (χ2n) is 7.87. The molecule has 1 fully saturated rings. The summed E-state index contributed by atoms with van der Waals surface area (Å²) in [7, 11) is 0. The second kappa shape index (κ2) is 10.6. The number of rotatable bonds is 7. The molecule has 2 N–H and O–H groups in total. The van der Waals surface area contributed by atoms with E-state index in [2.05, 4.69) is 10.6 Å². The van der Waals surface area contributed by atoms with E-state index in [0.717, 1.165) is 0 Å². The lowest BCUT2D eigenvalue weighted by Crippen LogP contribution is -2.33. The number of anilines is 2. The van der Waals surface area contributed by atoms with E-state index < -0.39 is 12.1 Å². The van der Waals surface area contributed by atoms with E-state index in [1.807, 2.05) is 13.8 Å². The van der Waals surface area contributed by atoms with Gasteiger partial charge in [-0.25, -0.2) is 4.79 Å². The van der Waals surface area contributed by atoms with E-state index in [4.69, 9.17) is 9.47 Å². The van der Waals surface area contributed by atoms with Crippen molar-refractivity contribution in [2.45, 2.75) is 33.2 Å². The molecule has 33 heavy (non-hydrogen) atoms. The lowest BCUT2D eigenvalue weighted by Gasteiger charge is -2.20. The van der Waals surface area contributed by atoms with Gasteiger partial charge in [-0.3, -0.25) is 14.4 Å². The van der Waals surface area contributed by atoms with Gasteiger partial charge in [0.05, 0.1) is 12.5 Å². The van der Waals surface area contributed by atoms with Crippen LogP contribution in [0.3, 0.4) is 0 Å². The molecule has 1 heterocycles. The average molecular weight is 453 g/mol. The zero-order valence-electron chi connectivity index (χ0n) is 18.8. The highest BCUT2D eigenvalue weighted by molar-refractivity contribution is 6.05. The maximum Gasteiger partial charge on any atom is 0.513 e. The van der Waals surface area contributed by atoms with Crippen LogP contribution >= 0.6 is 0 Å². The summed E-state index contributed by atoms with van der Waals surface area (Å²) in [6.45, 7) is 6.12. The van der Waals surface area contributed by atoms with Crippen LogP contribution in [0.25, 0.3) is 0 Å². The van der Waals surface area contributed by atoms with Crippen LogP contribution in [0, 0.1) is 5.92 Å². The van der Waals surface area contributed by atoms with Crippen molar-refractivity contribution in [2.24, 2.45) is 5.92 Å².